The number of alkyl halides is 3. The molecule has 3 rings (SSSR count). The van der Waals surface area contributed by atoms with Crippen molar-refractivity contribution in [1.82, 2.24) is 15.2 Å². The zero-order valence-corrected chi connectivity index (χ0v) is 22.3. The minimum atomic E-state index is -4.63. The number of anilines is 1. The van der Waals surface area contributed by atoms with Crippen molar-refractivity contribution in [2.75, 3.05) is 31.5 Å². The lowest BCUT2D eigenvalue weighted by Gasteiger charge is -2.24. The van der Waals surface area contributed by atoms with Gasteiger partial charge >= 0.3 is 6.18 Å². The molecule has 3 aromatic rings. The second-order valence-corrected chi connectivity index (χ2v) is 9.18. The molecule has 0 aliphatic carbocycles. The Balaban J connectivity index is 1.89. The Kier molecular flexibility index (Phi) is 10.9. The van der Waals surface area contributed by atoms with Gasteiger partial charge in [-0.2, -0.15) is 13.2 Å². The quantitative estimate of drug-likeness (QED) is 0.102. The van der Waals surface area contributed by atoms with E-state index in [9.17, 15) is 32.8 Å². The monoisotopic (exact) mass is 588 g/mol. The van der Waals surface area contributed by atoms with Crippen LogP contribution in [0.4, 0.5) is 18.9 Å². The minimum Gasteiger partial charge on any atom is -0.411 e. The van der Waals surface area contributed by atoms with E-state index in [-0.39, 0.29) is 37.4 Å². The Bertz CT molecular complexity index is 1430. The third-order valence-electron chi connectivity index (χ3n) is 6.18. The zero-order valence-electron chi connectivity index (χ0n) is 22.3. The normalized spacial score (nSPS) is 13.3. The molecule has 2 aromatic carbocycles. The summed E-state index contributed by atoms with van der Waals surface area (Å²) in [6, 6.07) is 8.95. The first-order chi connectivity index (χ1) is 20.0. The molecule has 0 aliphatic heterocycles. The maximum Gasteiger partial charge on any atom is 0.416 e. The van der Waals surface area contributed by atoms with Crippen molar-refractivity contribution in [3.05, 3.63) is 71.9 Å². The number of hydrogen-bond acceptors (Lipinski definition) is 9. The smallest absolute Gasteiger partial charge is 0.411 e. The summed E-state index contributed by atoms with van der Waals surface area (Å²) in [6.45, 7) is 0.680. The number of rotatable bonds is 12. The summed E-state index contributed by atoms with van der Waals surface area (Å²) in [4.78, 5) is 44.7. The van der Waals surface area contributed by atoms with Crippen LogP contribution in [-0.4, -0.2) is 76.8 Å². The van der Waals surface area contributed by atoms with Gasteiger partial charge in [-0.1, -0.05) is 35.5 Å². The van der Waals surface area contributed by atoms with E-state index in [4.69, 9.17) is 17.2 Å². The summed E-state index contributed by atoms with van der Waals surface area (Å²) in [5.74, 6) is -2.39. The number of oxime groups is 1. The van der Waals surface area contributed by atoms with Crippen LogP contribution in [0.15, 0.2) is 65.9 Å². The first-order valence-electron chi connectivity index (χ1n) is 12.8. The number of carbonyl (C=O) groups is 3. The number of nitrogens with two attached hydrogens (primary N) is 3. The number of halogens is 3. The van der Waals surface area contributed by atoms with Crippen molar-refractivity contribution < 1.29 is 32.8 Å². The van der Waals surface area contributed by atoms with Crippen LogP contribution < -0.4 is 27.8 Å². The maximum absolute atomic E-state index is 13.4. The van der Waals surface area contributed by atoms with Gasteiger partial charge in [0, 0.05) is 37.1 Å². The third kappa shape index (κ3) is 8.22. The van der Waals surface area contributed by atoms with Gasteiger partial charge in [0.25, 0.3) is 5.91 Å². The lowest BCUT2D eigenvalue weighted by Crippen LogP contribution is -2.54. The fraction of sp³-hybridized carbons (Fsp3) is 0.296. The fourth-order valence-electron chi connectivity index (χ4n) is 4.06. The predicted octanol–water partition coefficient (Wildman–Crippen LogP) is 1.02. The highest BCUT2D eigenvalue weighted by atomic mass is 19.4. The van der Waals surface area contributed by atoms with Gasteiger partial charge in [-0.25, -0.2) is 0 Å². The van der Waals surface area contributed by atoms with E-state index < -0.39 is 53.7 Å². The Hall–Kier alpha value is -4.60. The van der Waals surface area contributed by atoms with E-state index >= 15 is 0 Å². The van der Waals surface area contributed by atoms with E-state index in [0.29, 0.717) is 10.9 Å². The van der Waals surface area contributed by atoms with Crippen molar-refractivity contribution in [2.24, 2.45) is 22.4 Å². The lowest BCUT2D eigenvalue weighted by atomic mass is 10.00. The molecule has 0 radical (unpaired) electrons. The van der Waals surface area contributed by atoms with E-state index in [1.807, 2.05) is 0 Å². The number of nitrogens with one attached hydrogen (secondary N) is 2. The van der Waals surface area contributed by atoms with Crippen LogP contribution in [0.1, 0.15) is 17.5 Å². The molecule has 15 heteroatoms. The topological polar surface area (TPSA) is 202 Å². The summed E-state index contributed by atoms with van der Waals surface area (Å²) >= 11 is 0. The van der Waals surface area contributed by atoms with Crippen molar-refractivity contribution in [1.29, 1.82) is 0 Å². The molecule has 0 aliphatic rings. The van der Waals surface area contributed by atoms with Gasteiger partial charge in [0.1, 0.15) is 5.71 Å². The van der Waals surface area contributed by atoms with Crippen molar-refractivity contribution in [3.8, 4) is 0 Å². The summed E-state index contributed by atoms with van der Waals surface area (Å²) in [5, 5.41) is 18.5. The van der Waals surface area contributed by atoms with Crippen LogP contribution in [0.3, 0.4) is 0 Å². The highest BCUT2D eigenvalue weighted by Crippen LogP contribution is 2.29. The number of pyridine rings is 1. The van der Waals surface area contributed by atoms with Gasteiger partial charge in [0.15, 0.2) is 6.04 Å². The number of hydrogen-bond donors (Lipinski definition) is 6. The Morgan fingerprint density at radius 2 is 1.64 bits per heavy atom. The zero-order chi connectivity index (χ0) is 30.9. The molecule has 0 bridgehead atoms. The van der Waals surface area contributed by atoms with Gasteiger partial charge in [0.05, 0.1) is 35.4 Å². The molecule has 12 nitrogen and oxygen atoms in total. The SMILES string of the molecule is NCCN(CCN)C(=O)C[C@H](N)C(=O)N[C@H](C(=O)Nc1cnc2ccccc2c1)/C(=N/O)c1ccc(C(F)(F)F)cc1. The predicted molar refractivity (Wildman–Crippen MR) is 149 cm³/mol. The molecule has 3 amide bonds. The van der Waals surface area contributed by atoms with Crippen LogP contribution in [0, 0.1) is 0 Å². The number of nitrogens with zero attached hydrogens (tertiary/aromatic N) is 3. The molecule has 9 N–H and O–H groups in total. The number of fused-ring (bicyclic) bond motifs is 1. The van der Waals surface area contributed by atoms with Gasteiger partial charge < -0.3 is 37.9 Å². The van der Waals surface area contributed by atoms with Gasteiger partial charge in [0.2, 0.25) is 11.8 Å². The molecular formula is C27H31F3N8O4. The first-order valence-corrected chi connectivity index (χ1v) is 12.8. The highest BCUT2D eigenvalue weighted by molar-refractivity contribution is 6.20. The second kappa shape index (κ2) is 14.3. The summed E-state index contributed by atoms with van der Waals surface area (Å²) in [7, 11) is 0. The van der Waals surface area contributed by atoms with Crippen LogP contribution >= 0.6 is 0 Å². The van der Waals surface area contributed by atoms with E-state index in [1.165, 1.54) is 11.1 Å². The van der Waals surface area contributed by atoms with Gasteiger partial charge in [-0.05, 0) is 24.3 Å². The van der Waals surface area contributed by atoms with Crippen molar-refractivity contribution in [3.63, 3.8) is 0 Å². The van der Waals surface area contributed by atoms with Crippen molar-refractivity contribution >= 4 is 40.0 Å². The average Bonchev–Trinajstić information content (AvgIpc) is 2.96. The number of amides is 3. The summed E-state index contributed by atoms with van der Waals surface area (Å²) in [5.41, 5.74) is 16.3. The molecule has 1 heterocycles. The van der Waals surface area contributed by atoms with Crippen LogP contribution in [0.2, 0.25) is 0 Å². The summed E-state index contributed by atoms with van der Waals surface area (Å²) < 4.78 is 39.3. The van der Waals surface area contributed by atoms with E-state index in [0.717, 1.165) is 24.3 Å². The lowest BCUT2D eigenvalue weighted by molar-refractivity contribution is -0.137. The van der Waals surface area contributed by atoms with Crippen LogP contribution in [0.25, 0.3) is 10.9 Å². The number of aromatic nitrogens is 1. The Labute approximate surface area is 238 Å². The van der Waals surface area contributed by atoms with E-state index in [2.05, 4.69) is 20.8 Å². The molecule has 2 atom stereocenters. The van der Waals surface area contributed by atoms with Crippen LogP contribution in [-0.2, 0) is 20.6 Å². The minimum absolute atomic E-state index is 0.0932. The molecule has 1 aromatic heterocycles. The molecule has 224 valence electrons. The third-order valence-corrected chi connectivity index (χ3v) is 6.18. The molecule has 0 saturated carbocycles. The molecule has 42 heavy (non-hydrogen) atoms. The van der Waals surface area contributed by atoms with Gasteiger partial charge in [-0.3, -0.25) is 19.4 Å². The standard InChI is InChI=1S/C27H31F3N8O4/c28-27(29,30)18-7-5-16(6-8-18)23(37-42)24(26(41)35-19-13-17-3-1-2-4-21(17)34-15-19)36-25(40)20(33)14-22(39)38(11-9-31)12-10-32/h1-8,13,15,20,24,42H,9-12,14,31-33H2,(H,35,41)(H,36,40)/b37-23+/t20-,24-/m0/s1. The van der Waals surface area contributed by atoms with Gasteiger partial charge in [-0.15, -0.1) is 0 Å². The Morgan fingerprint density at radius 1 is 1.00 bits per heavy atom. The fourth-order valence-corrected chi connectivity index (χ4v) is 4.06. The molecular weight excluding hydrogens is 557 g/mol. The number of benzene rings is 2. The van der Waals surface area contributed by atoms with Crippen LogP contribution in [0.5, 0.6) is 0 Å². The number of para-hydroxylation sites is 1. The molecule has 0 saturated heterocycles. The number of carbonyl (C=O) groups excluding carboxylic acids is 3. The largest absolute Gasteiger partial charge is 0.416 e. The average molecular weight is 589 g/mol. The van der Waals surface area contributed by atoms with E-state index in [1.54, 1.807) is 30.3 Å². The van der Waals surface area contributed by atoms with Crippen molar-refractivity contribution in [2.45, 2.75) is 24.7 Å². The maximum atomic E-state index is 13.4. The second-order valence-electron chi connectivity index (χ2n) is 9.18. The molecule has 0 fully saturated rings. The molecule has 0 spiro atoms. The first kappa shape index (κ1) is 31.9. The summed E-state index contributed by atoms with van der Waals surface area (Å²) in [6.07, 6.45) is -3.73. The Morgan fingerprint density at radius 3 is 2.24 bits per heavy atom. The highest BCUT2D eigenvalue weighted by Gasteiger charge is 2.33. The molecule has 0 unspecified atom stereocenters.